The first-order chi connectivity index (χ1) is 9.02. The molecule has 2 rings (SSSR count). The maximum Gasteiger partial charge on any atom is 0.152 e. The Labute approximate surface area is 113 Å². The van der Waals surface area contributed by atoms with Gasteiger partial charge in [-0.05, 0) is 24.8 Å². The van der Waals surface area contributed by atoms with Crippen molar-refractivity contribution < 1.29 is 5.11 Å². The fraction of sp³-hybridized carbons (Fsp3) is 0.571. The van der Waals surface area contributed by atoms with Gasteiger partial charge in [-0.1, -0.05) is 20.8 Å². The number of hydrogen-bond acceptors (Lipinski definition) is 4. The standard InChI is InChI=1S/C14H22N4O/c1-9(2)12-7-13-14(15-5-6-18(13)17-12)16-11(4)10(3)8-19/h5-7,9-11,19H,8H2,1-4H3,(H,15,16). The molecular weight excluding hydrogens is 240 g/mol. The Morgan fingerprint density at radius 3 is 2.68 bits per heavy atom. The first kappa shape index (κ1) is 13.8. The molecule has 0 aliphatic rings. The van der Waals surface area contributed by atoms with Crippen LogP contribution in [0, 0.1) is 5.92 Å². The normalized spacial score (nSPS) is 14.8. The summed E-state index contributed by atoms with van der Waals surface area (Å²) in [6.45, 7) is 8.46. The molecule has 2 heterocycles. The van der Waals surface area contributed by atoms with Crippen molar-refractivity contribution in [2.24, 2.45) is 5.92 Å². The Bertz CT molecular complexity index is 549. The molecule has 2 N–H and O–H groups in total. The Morgan fingerprint density at radius 1 is 1.32 bits per heavy atom. The summed E-state index contributed by atoms with van der Waals surface area (Å²) in [6.07, 6.45) is 3.59. The van der Waals surface area contributed by atoms with E-state index in [9.17, 15) is 5.11 Å². The van der Waals surface area contributed by atoms with Crippen LogP contribution in [-0.2, 0) is 0 Å². The summed E-state index contributed by atoms with van der Waals surface area (Å²) < 4.78 is 1.85. The van der Waals surface area contributed by atoms with Crippen LogP contribution in [0.1, 0.15) is 39.3 Å². The van der Waals surface area contributed by atoms with Gasteiger partial charge in [-0.25, -0.2) is 9.50 Å². The van der Waals surface area contributed by atoms with E-state index in [0.29, 0.717) is 5.92 Å². The van der Waals surface area contributed by atoms with Crippen molar-refractivity contribution >= 4 is 11.3 Å². The van der Waals surface area contributed by atoms with E-state index in [4.69, 9.17) is 0 Å². The van der Waals surface area contributed by atoms with Gasteiger partial charge in [0.05, 0.1) is 5.69 Å². The van der Waals surface area contributed by atoms with Crippen LogP contribution in [0.25, 0.3) is 5.52 Å². The maximum absolute atomic E-state index is 9.20. The average Bonchev–Trinajstić information content (AvgIpc) is 2.83. The molecule has 0 fully saturated rings. The molecule has 2 atom stereocenters. The summed E-state index contributed by atoms with van der Waals surface area (Å²) >= 11 is 0. The third-order valence-corrected chi connectivity index (χ3v) is 3.51. The summed E-state index contributed by atoms with van der Waals surface area (Å²) in [5, 5.41) is 17.1. The first-order valence-electron chi connectivity index (χ1n) is 6.74. The second-order valence-corrected chi connectivity index (χ2v) is 5.42. The Morgan fingerprint density at radius 2 is 2.05 bits per heavy atom. The minimum absolute atomic E-state index is 0.154. The predicted molar refractivity (Wildman–Crippen MR) is 76.4 cm³/mol. The fourth-order valence-corrected chi connectivity index (χ4v) is 1.85. The zero-order valence-corrected chi connectivity index (χ0v) is 12.0. The molecule has 5 nitrogen and oxygen atoms in total. The Kier molecular flexibility index (Phi) is 4.04. The minimum atomic E-state index is 0.154. The van der Waals surface area contributed by atoms with Crippen molar-refractivity contribution in [2.75, 3.05) is 11.9 Å². The van der Waals surface area contributed by atoms with Gasteiger partial charge in [-0.3, -0.25) is 0 Å². The van der Waals surface area contributed by atoms with Gasteiger partial charge >= 0.3 is 0 Å². The van der Waals surface area contributed by atoms with Crippen molar-refractivity contribution in [1.82, 2.24) is 14.6 Å². The molecule has 0 saturated heterocycles. The van der Waals surface area contributed by atoms with Crippen LogP contribution in [0.5, 0.6) is 0 Å². The Balaban J connectivity index is 2.32. The van der Waals surface area contributed by atoms with Crippen LogP contribution in [0.4, 0.5) is 5.82 Å². The minimum Gasteiger partial charge on any atom is -0.396 e. The van der Waals surface area contributed by atoms with Gasteiger partial charge in [0.1, 0.15) is 5.52 Å². The smallest absolute Gasteiger partial charge is 0.152 e. The lowest BCUT2D eigenvalue weighted by molar-refractivity contribution is 0.226. The molecule has 19 heavy (non-hydrogen) atoms. The van der Waals surface area contributed by atoms with E-state index in [1.807, 2.05) is 24.6 Å². The van der Waals surface area contributed by atoms with Crippen molar-refractivity contribution in [3.63, 3.8) is 0 Å². The number of aliphatic hydroxyl groups excluding tert-OH is 1. The second-order valence-electron chi connectivity index (χ2n) is 5.42. The van der Waals surface area contributed by atoms with Crippen LogP contribution < -0.4 is 5.32 Å². The molecule has 0 aliphatic heterocycles. The number of aromatic nitrogens is 3. The number of rotatable bonds is 5. The topological polar surface area (TPSA) is 62.5 Å². The van der Waals surface area contributed by atoms with Crippen molar-refractivity contribution in [2.45, 2.75) is 39.7 Å². The predicted octanol–water partition coefficient (Wildman–Crippen LogP) is 2.28. The molecule has 104 valence electrons. The molecule has 0 aliphatic carbocycles. The number of anilines is 1. The zero-order valence-electron chi connectivity index (χ0n) is 12.0. The molecule has 0 bridgehead atoms. The van der Waals surface area contributed by atoms with Crippen molar-refractivity contribution in [3.8, 4) is 0 Å². The average molecular weight is 262 g/mol. The van der Waals surface area contributed by atoms with Crippen LogP contribution in [-0.4, -0.2) is 32.4 Å². The monoisotopic (exact) mass is 262 g/mol. The molecular formula is C14H22N4O. The molecule has 0 spiro atoms. The summed E-state index contributed by atoms with van der Waals surface area (Å²) in [4.78, 5) is 4.38. The van der Waals surface area contributed by atoms with Gasteiger partial charge < -0.3 is 10.4 Å². The van der Waals surface area contributed by atoms with Crippen LogP contribution in [0.2, 0.25) is 0 Å². The zero-order chi connectivity index (χ0) is 14.0. The van der Waals surface area contributed by atoms with Gasteiger partial charge in [-0.15, -0.1) is 0 Å². The maximum atomic E-state index is 9.20. The third kappa shape index (κ3) is 2.87. The van der Waals surface area contributed by atoms with Crippen molar-refractivity contribution in [1.29, 1.82) is 0 Å². The van der Waals surface area contributed by atoms with E-state index in [0.717, 1.165) is 17.0 Å². The van der Waals surface area contributed by atoms with Gasteiger partial charge in [0.25, 0.3) is 0 Å². The molecule has 0 radical (unpaired) electrons. The van der Waals surface area contributed by atoms with Gasteiger partial charge in [0.2, 0.25) is 0 Å². The number of nitrogens with one attached hydrogen (secondary N) is 1. The van der Waals surface area contributed by atoms with Gasteiger partial charge in [-0.2, -0.15) is 5.10 Å². The molecule has 2 unspecified atom stereocenters. The lowest BCUT2D eigenvalue weighted by Gasteiger charge is -2.20. The molecule has 2 aromatic rings. The summed E-state index contributed by atoms with van der Waals surface area (Å²) in [6, 6.07) is 2.22. The number of hydrogen-bond donors (Lipinski definition) is 2. The first-order valence-corrected chi connectivity index (χ1v) is 6.74. The van der Waals surface area contributed by atoms with E-state index >= 15 is 0 Å². The van der Waals surface area contributed by atoms with Crippen LogP contribution >= 0.6 is 0 Å². The van der Waals surface area contributed by atoms with Gasteiger partial charge in [0.15, 0.2) is 5.82 Å². The van der Waals surface area contributed by atoms with E-state index in [1.54, 1.807) is 6.20 Å². The summed E-state index contributed by atoms with van der Waals surface area (Å²) in [5.74, 6) is 1.38. The van der Waals surface area contributed by atoms with Gasteiger partial charge in [0, 0.05) is 25.0 Å². The molecule has 0 aromatic carbocycles. The third-order valence-electron chi connectivity index (χ3n) is 3.51. The number of aliphatic hydroxyl groups is 1. The van der Waals surface area contributed by atoms with Crippen molar-refractivity contribution in [3.05, 3.63) is 24.2 Å². The Hall–Kier alpha value is -1.62. The highest BCUT2D eigenvalue weighted by molar-refractivity contribution is 5.68. The summed E-state index contributed by atoms with van der Waals surface area (Å²) in [7, 11) is 0. The molecule has 2 aromatic heterocycles. The lowest BCUT2D eigenvalue weighted by Crippen LogP contribution is -2.26. The van der Waals surface area contributed by atoms with E-state index < -0.39 is 0 Å². The highest BCUT2D eigenvalue weighted by Crippen LogP contribution is 2.21. The molecule has 0 saturated carbocycles. The highest BCUT2D eigenvalue weighted by atomic mass is 16.3. The van der Waals surface area contributed by atoms with Crippen LogP contribution in [0.15, 0.2) is 18.5 Å². The molecule has 0 amide bonds. The number of fused-ring (bicyclic) bond motifs is 1. The SMILES string of the molecule is CC(C)c1cc2c(NC(C)C(C)CO)nccn2n1. The molecule has 5 heteroatoms. The largest absolute Gasteiger partial charge is 0.396 e. The lowest BCUT2D eigenvalue weighted by atomic mass is 10.1. The highest BCUT2D eigenvalue weighted by Gasteiger charge is 2.14. The quantitative estimate of drug-likeness (QED) is 0.867. The van der Waals surface area contributed by atoms with Crippen LogP contribution in [0.3, 0.4) is 0 Å². The second kappa shape index (κ2) is 5.57. The van der Waals surface area contributed by atoms with E-state index in [1.165, 1.54) is 0 Å². The van der Waals surface area contributed by atoms with E-state index in [2.05, 4.69) is 35.3 Å². The van der Waals surface area contributed by atoms with E-state index in [-0.39, 0.29) is 18.6 Å². The number of nitrogens with zero attached hydrogens (tertiary/aromatic N) is 3. The fourth-order valence-electron chi connectivity index (χ4n) is 1.85. The summed E-state index contributed by atoms with van der Waals surface area (Å²) in [5.41, 5.74) is 2.03.